The molecule has 0 saturated carbocycles. The van der Waals surface area contributed by atoms with E-state index in [1.165, 1.54) is 11.4 Å². The molecular weight excluding hydrogens is 462 g/mol. The minimum absolute atomic E-state index is 0.127. The fraction of sp³-hybridized carbons (Fsp3) is 0.296. The van der Waals surface area contributed by atoms with Crippen LogP contribution in [0.4, 0.5) is 11.4 Å². The van der Waals surface area contributed by atoms with Gasteiger partial charge < -0.3 is 14.5 Å². The van der Waals surface area contributed by atoms with Crippen molar-refractivity contribution in [2.75, 3.05) is 49.6 Å². The van der Waals surface area contributed by atoms with Gasteiger partial charge in [0.1, 0.15) is 0 Å². The summed E-state index contributed by atoms with van der Waals surface area (Å²) in [4.78, 5) is 17.1. The molecule has 0 unspecified atom stereocenters. The number of aryl methyl sites for hydroxylation is 1. The third-order valence-corrected chi connectivity index (χ3v) is 8.04. The van der Waals surface area contributed by atoms with Crippen LogP contribution in [0.3, 0.4) is 0 Å². The number of sulfonamides is 1. The minimum atomic E-state index is -3.68. The number of nitrogens with zero attached hydrogens (tertiary/aromatic N) is 3. The van der Waals surface area contributed by atoms with Crippen molar-refractivity contribution in [1.29, 1.82) is 0 Å². The third-order valence-electron chi connectivity index (χ3n) is 6.24. The normalized spacial score (nSPS) is 14.0. The second-order valence-electron chi connectivity index (χ2n) is 8.76. The fourth-order valence-electron chi connectivity index (χ4n) is 4.02. The molecule has 1 heterocycles. The topological polar surface area (TPSA) is 70.2 Å². The molecule has 1 saturated heterocycles. The molecule has 8 heteroatoms. The smallest absolute Gasteiger partial charge is 0.264 e. The van der Waals surface area contributed by atoms with Crippen LogP contribution in [0.25, 0.3) is 0 Å². The van der Waals surface area contributed by atoms with Crippen molar-refractivity contribution < 1.29 is 17.9 Å². The summed E-state index contributed by atoms with van der Waals surface area (Å²) >= 11 is 0. The van der Waals surface area contributed by atoms with Gasteiger partial charge in [-0.2, -0.15) is 0 Å². The van der Waals surface area contributed by atoms with Crippen LogP contribution < -0.4 is 9.21 Å². The molecule has 0 atom stereocenters. The van der Waals surface area contributed by atoms with E-state index in [1.54, 1.807) is 60.5 Å². The Bertz CT molecular complexity index is 1250. The molecule has 1 fully saturated rings. The van der Waals surface area contributed by atoms with Crippen LogP contribution in [0.2, 0.25) is 0 Å². The van der Waals surface area contributed by atoms with Gasteiger partial charge in [-0.25, -0.2) is 8.42 Å². The number of anilines is 2. The molecule has 7 nitrogen and oxygen atoms in total. The first-order valence-electron chi connectivity index (χ1n) is 11.6. The maximum atomic E-state index is 13.0. The first-order valence-corrected chi connectivity index (χ1v) is 13.0. The number of hydrogen-bond donors (Lipinski definition) is 0. The van der Waals surface area contributed by atoms with Crippen LogP contribution in [-0.2, 0) is 21.3 Å². The SMILES string of the molecule is Cc1ccc(S(=O)(=O)N(C)c2ccc(C(=O)N(C)Cc3ccc(N4CCOCC4)cc3)cc2)cc1. The van der Waals surface area contributed by atoms with Gasteiger partial charge in [0.25, 0.3) is 15.9 Å². The van der Waals surface area contributed by atoms with Crippen molar-refractivity contribution in [2.45, 2.75) is 18.4 Å². The molecule has 0 N–H and O–H groups in total. The molecule has 0 aromatic heterocycles. The highest BCUT2D eigenvalue weighted by atomic mass is 32.2. The molecule has 1 amide bonds. The number of carbonyl (C=O) groups excluding carboxylic acids is 1. The van der Waals surface area contributed by atoms with E-state index in [9.17, 15) is 13.2 Å². The van der Waals surface area contributed by atoms with Gasteiger partial charge in [0, 0.05) is 45.0 Å². The van der Waals surface area contributed by atoms with Crippen LogP contribution in [-0.4, -0.2) is 59.6 Å². The van der Waals surface area contributed by atoms with Crippen molar-refractivity contribution in [2.24, 2.45) is 0 Å². The lowest BCUT2D eigenvalue weighted by atomic mass is 10.1. The van der Waals surface area contributed by atoms with E-state index in [2.05, 4.69) is 17.0 Å². The zero-order valence-corrected chi connectivity index (χ0v) is 21.2. The highest BCUT2D eigenvalue weighted by Gasteiger charge is 2.22. The van der Waals surface area contributed by atoms with E-state index >= 15 is 0 Å². The Labute approximate surface area is 207 Å². The first kappa shape index (κ1) is 24.8. The lowest BCUT2D eigenvalue weighted by molar-refractivity contribution is 0.0785. The fourth-order valence-corrected chi connectivity index (χ4v) is 5.22. The van der Waals surface area contributed by atoms with Gasteiger partial charge in [0.2, 0.25) is 0 Å². The Hall–Kier alpha value is -3.36. The number of rotatable bonds is 7. The molecule has 0 spiro atoms. The van der Waals surface area contributed by atoms with Crippen molar-refractivity contribution in [3.8, 4) is 0 Å². The summed E-state index contributed by atoms with van der Waals surface area (Å²) in [7, 11) is -0.407. The van der Waals surface area contributed by atoms with E-state index in [0.29, 0.717) is 17.8 Å². The van der Waals surface area contributed by atoms with E-state index < -0.39 is 10.0 Å². The molecule has 0 bridgehead atoms. The summed E-state index contributed by atoms with van der Waals surface area (Å²) in [6.45, 7) is 5.64. The predicted octanol–water partition coefficient (Wildman–Crippen LogP) is 3.93. The summed E-state index contributed by atoms with van der Waals surface area (Å²) in [6, 6.07) is 21.6. The summed E-state index contributed by atoms with van der Waals surface area (Å²) in [5.74, 6) is -0.127. The highest BCUT2D eigenvalue weighted by molar-refractivity contribution is 7.92. The number of hydrogen-bond acceptors (Lipinski definition) is 5. The van der Waals surface area contributed by atoms with Gasteiger partial charge in [-0.05, 0) is 61.0 Å². The third kappa shape index (κ3) is 5.66. The molecule has 0 aliphatic carbocycles. The van der Waals surface area contributed by atoms with E-state index in [0.717, 1.165) is 43.1 Å². The molecule has 1 aliphatic heterocycles. The van der Waals surface area contributed by atoms with Crippen molar-refractivity contribution in [3.63, 3.8) is 0 Å². The quantitative estimate of drug-likeness (QED) is 0.499. The molecule has 3 aromatic carbocycles. The van der Waals surface area contributed by atoms with Crippen LogP contribution in [0.1, 0.15) is 21.5 Å². The number of morpholine rings is 1. The van der Waals surface area contributed by atoms with Crippen molar-refractivity contribution in [3.05, 3.63) is 89.5 Å². The maximum absolute atomic E-state index is 13.0. The molecule has 184 valence electrons. The predicted molar refractivity (Wildman–Crippen MR) is 138 cm³/mol. The zero-order valence-electron chi connectivity index (χ0n) is 20.3. The molecular formula is C27H31N3O4S. The number of benzene rings is 3. The first-order chi connectivity index (χ1) is 16.8. The summed E-state index contributed by atoms with van der Waals surface area (Å²) < 4.78 is 32.5. The minimum Gasteiger partial charge on any atom is -0.378 e. The van der Waals surface area contributed by atoms with Gasteiger partial charge >= 0.3 is 0 Å². The second kappa shape index (κ2) is 10.5. The van der Waals surface area contributed by atoms with Crippen LogP contribution in [0.5, 0.6) is 0 Å². The molecule has 3 aromatic rings. The van der Waals surface area contributed by atoms with Crippen LogP contribution in [0, 0.1) is 6.92 Å². The van der Waals surface area contributed by atoms with Crippen LogP contribution >= 0.6 is 0 Å². The Balaban J connectivity index is 1.40. The lowest BCUT2D eigenvalue weighted by Crippen LogP contribution is -2.36. The van der Waals surface area contributed by atoms with E-state index in [1.807, 2.05) is 19.1 Å². The summed E-state index contributed by atoms with van der Waals surface area (Å²) in [5, 5.41) is 0. The number of carbonyl (C=O) groups is 1. The van der Waals surface area contributed by atoms with E-state index in [-0.39, 0.29) is 10.8 Å². The highest BCUT2D eigenvalue weighted by Crippen LogP contribution is 2.23. The largest absolute Gasteiger partial charge is 0.378 e. The van der Waals surface area contributed by atoms with Gasteiger partial charge in [0.15, 0.2) is 0 Å². The molecule has 4 rings (SSSR count). The molecule has 35 heavy (non-hydrogen) atoms. The Morgan fingerprint density at radius 1 is 0.886 bits per heavy atom. The maximum Gasteiger partial charge on any atom is 0.264 e. The summed E-state index contributed by atoms with van der Waals surface area (Å²) in [6.07, 6.45) is 0. The van der Waals surface area contributed by atoms with Crippen molar-refractivity contribution >= 4 is 27.3 Å². The Morgan fingerprint density at radius 2 is 1.49 bits per heavy atom. The lowest BCUT2D eigenvalue weighted by Gasteiger charge is -2.29. The number of amides is 1. The summed E-state index contributed by atoms with van der Waals surface area (Å²) in [5.41, 5.74) is 4.18. The van der Waals surface area contributed by atoms with Gasteiger partial charge in [0.05, 0.1) is 23.8 Å². The molecule has 0 radical (unpaired) electrons. The Kier molecular flexibility index (Phi) is 7.42. The monoisotopic (exact) mass is 493 g/mol. The van der Waals surface area contributed by atoms with Crippen molar-refractivity contribution in [1.82, 2.24) is 4.90 Å². The van der Waals surface area contributed by atoms with Gasteiger partial charge in [-0.1, -0.05) is 29.8 Å². The average Bonchev–Trinajstić information content (AvgIpc) is 2.89. The Morgan fingerprint density at radius 3 is 2.09 bits per heavy atom. The zero-order chi connectivity index (χ0) is 25.0. The second-order valence-corrected chi connectivity index (χ2v) is 10.7. The standard InChI is InChI=1S/C27H31N3O4S/c1-21-4-14-26(15-5-21)35(32,33)29(3)24-12-8-23(9-13-24)27(31)28(2)20-22-6-10-25(11-7-22)30-16-18-34-19-17-30/h4-15H,16-20H2,1-3H3. The number of ether oxygens (including phenoxy) is 1. The molecule has 1 aliphatic rings. The van der Waals surface area contributed by atoms with Gasteiger partial charge in [-0.3, -0.25) is 9.10 Å². The average molecular weight is 494 g/mol. The van der Waals surface area contributed by atoms with Crippen LogP contribution in [0.15, 0.2) is 77.7 Å². The van der Waals surface area contributed by atoms with E-state index in [4.69, 9.17) is 4.74 Å². The van der Waals surface area contributed by atoms with Gasteiger partial charge in [-0.15, -0.1) is 0 Å².